The summed E-state index contributed by atoms with van der Waals surface area (Å²) >= 11 is 5.75. The van der Waals surface area contributed by atoms with Crippen molar-refractivity contribution < 1.29 is 9.90 Å². The molecule has 3 nitrogen and oxygen atoms in total. The third kappa shape index (κ3) is 2.73. The lowest BCUT2D eigenvalue weighted by molar-refractivity contribution is 0.0715. The quantitative estimate of drug-likeness (QED) is 0.874. The van der Waals surface area contributed by atoms with E-state index in [2.05, 4.69) is 0 Å². The van der Waals surface area contributed by atoms with Crippen molar-refractivity contribution in [1.29, 1.82) is 0 Å². The molecule has 106 valence electrons. The average molecular weight is 292 g/mol. The molecule has 0 radical (unpaired) electrons. The highest BCUT2D eigenvalue weighted by Crippen LogP contribution is 2.29. The highest BCUT2D eigenvalue weighted by molar-refractivity contribution is 6.18. The Morgan fingerprint density at radius 1 is 1.25 bits per heavy atom. The van der Waals surface area contributed by atoms with Gasteiger partial charge in [-0.25, -0.2) is 0 Å². The highest BCUT2D eigenvalue weighted by Gasteiger charge is 2.21. The van der Waals surface area contributed by atoms with E-state index in [0.717, 1.165) is 5.39 Å². The monoisotopic (exact) mass is 291 g/mol. The molecule has 20 heavy (non-hydrogen) atoms. The number of phenols is 1. The molecule has 1 amide bonds. The van der Waals surface area contributed by atoms with E-state index >= 15 is 0 Å². The van der Waals surface area contributed by atoms with Gasteiger partial charge in [0.25, 0.3) is 5.91 Å². The Labute approximate surface area is 123 Å². The number of alkyl halides is 1. The summed E-state index contributed by atoms with van der Waals surface area (Å²) in [5, 5.41) is 11.9. The van der Waals surface area contributed by atoms with Gasteiger partial charge in [-0.15, -0.1) is 11.6 Å². The van der Waals surface area contributed by atoms with E-state index in [1.807, 2.05) is 44.2 Å². The molecule has 0 aliphatic carbocycles. The fourth-order valence-electron chi connectivity index (χ4n) is 2.27. The van der Waals surface area contributed by atoms with Crippen LogP contribution >= 0.6 is 11.6 Å². The molecule has 2 aromatic rings. The largest absolute Gasteiger partial charge is 0.506 e. The van der Waals surface area contributed by atoms with Crippen LogP contribution in [0.4, 0.5) is 0 Å². The van der Waals surface area contributed by atoms with E-state index in [9.17, 15) is 9.90 Å². The number of aromatic hydroxyl groups is 1. The minimum absolute atomic E-state index is 0.0344. The number of halogens is 1. The van der Waals surface area contributed by atoms with Gasteiger partial charge in [-0.2, -0.15) is 0 Å². The maximum absolute atomic E-state index is 12.5. The fraction of sp³-hybridized carbons (Fsp3) is 0.312. The van der Waals surface area contributed by atoms with Gasteiger partial charge < -0.3 is 10.0 Å². The van der Waals surface area contributed by atoms with E-state index < -0.39 is 0 Å². The molecule has 2 rings (SSSR count). The van der Waals surface area contributed by atoms with Crippen LogP contribution in [0.5, 0.6) is 5.75 Å². The summed E-state index contributed by atoms with van der Waals surface area (Å²) in [7, 11) is 0. The third-order valence-corrected chi connectivity index (χ3v) is 3.51. The molecule has 0 heterocycles. The summed E-state index contributed by atoms with van der Waals surface area (Å²) in [4.78, 5) is 14.2. The van der Waals surface area contributed by atoms with E-state index in [0.29, 0.717) is 23.4 Å². The number of nitrogens with zero attached hydrogens (tertiary/aromatic N) is 1. The zero-order valence-corrected chi connectivity index (χ0v) is 12.4. The molecule has 0 aliphatic heterocycles. The molecular formula is C16H18ClNO2. The third-order valence-electron chi connectivity index (χ3n) is 3.34. The summed E-state index contributed by atoms with van der Waals surface area (Å²) in [6, 6.07) is 11.0. The van der Waals surface area contributed by atoms with Crippen molar-refractivity contribution in [2.45, 2.75) is 19.9 Å². The number of carbonyl (C=O) groups excluding carboxylic acids is 1. The fourth-order valence-corrected chi connectivity index (χ4v) is 2.45. The van der Waals surface area contributed by atoms with Crippen molar-refractivity contribution in [2.75, 3.05) is 12.4 Å². The van der Waals surface area contributed by atoms with Gasteiger partial charge in [0.05, 0.1) is 5.56 Å². The number of benzene rings is 2. The average Bonchev–Trinajstić information content (AvgIpc) is 2.44. The lowest BCUT2D eigenvalue weighted by Gasteiger charge is -2.26. The first-order valence-electron chi connectivity index (χ1n) is 6.64. The first-order chi connectivity index (χ1) is 9.56. The summed E-state index contributed by atoms with van der Waals surface area (Å²) in [5.74, 6) is 0.218. The Morgan fingerprint density at radius 3 is 2.60 bits per heavy atom. The molecule has 0 unspecified atom stereocenters. The van der Waals surface area contributed by atoms with Gasteiger partial charge in [0, 0.05) is 23.9 Å². The number of hydrogen-bond acceptors (Lipinski definition) is 2. The molecule has 0 aromatic heterocycles. The molecule has 4 heteroatoms. The van der Waals surface area contributed by atoms with E-state index in [-0.39, 0.29) is 17.7 Å². The van der Waals surface area contributed by atoms with Crippen LogP contribution in [0.3, 0.4) is 0 Å². The van der Waals surface area contributed by atoms with Crippen LogP contribution in [0.25, 0.3) is 10.8 Å². The number of fused-ring (bicyclic) bond motifs is 1. The van der Waals surface area contributed by atoms with E-state index in [1.54, 1.807) is 11.0 Å². The predicted octanol–water partition coefficient (Wildman–Crippen LogP) is 3.63. The summed E-state index contributed by atoms with van der Waals surface area (Å²) in [6.07, 6.45) is 0. The highest BCUT2D eigenvalue weighted by atomic mass is 35.5. The second kappa shape index (κ2) is 6.14. The smallest absolute Gasteiger partial charge is 0.257 e. The SMILES string of the molecule is CC(C)N(CCCl)C(=O)c1ccc2ccccc2c1O. The Kier molecular flexibility index (Phi) is 4.50. The Balaban J connectivity index is 2.46. The Morgan fingerprint density at radius 2 is 1.95 bits per heavy atom. The first-order valence-corrected chi connectivity index (χ1v) is 7.17. The van der Waals surface area contributed by atoms with Crippen LogP contribution < -0.4 is 0 Å². The molecule has 2 aromatic carbocycles. The summed E-state index contributed by atoms with van der Waals surface area (Å²) in [5.41, 5.74) is 0.322. The second-order valence-electron chi connectivity index (χ2n) is 4.96. The number of carbonyl (C=O) groups is 1. The molecule has 0 saturated heterocycles. The minimum atomic E-state index is -0.191. The van der Waals surface area contributed by atoms with Crippen LogP contribution in [-0.2, 0) is 0 Å². The lowest BCUT2D eigenvalue weighted by Crippen LogP contribution is -2.38. The van der Waals surface area contributed by atoms with Gasteiger partial charge in [0.1, 0.15) is 5.75 Å². The molecule has 0 fully saturated rings. The number of amides is 1. The van der Waals surface area contributed by atoms with Crippen LogP contribution in [-0.4, -0.2) is 34.4 Å². The van der Waals surface area contributed by atoms with Crippen molar-refractivity contribution in [3.8, 4) is 5.75 Å². The molecule has 0 saturated carbocycles. The van der Waals surface area contributed by atoms with Crippen LogP contribution in [0, 0.1) is 0 Å². The normalized spacial score (nSPS) is 11.0. The van der Waals surface area contributed by atoms with Crippen LogP contribution in [0.15, 0.2) is 36.4 Å². The topological polar surface area (TPSA) is 40.5 Å². The molecule has 1 N–H and O–H groups in total. The first kappa shape index (κ1) is 14.7. The number of rotatable bonds is 4. The maximum atomic E-state index is 12.5. The molecule has 0 spiro atoms. The maximum Gasteiger partial charge on any atom is 0.257 e. The van der Waals surface area contributed by atoms with Crippen molar-refractivity contribution in [1.82, 2.24) is 4.90 Å². The van der Waals surface area contributed by atoms with E-state index in [1.165, 1.54) is 0 Å². The number of hydrogen-bond donors (Lipinski definition) is 1. The predicted molar refractivity (Wildman–Crippen MR) is 82.5 cm³/mol. The van der Waals surface area contributed by atoms with Crippen molar-refractivity contribution in [2.24, 2.45) is 0 Å². The molecule has 0 atom stereocenters. The van der Waals surface area contributed by atoms with Crippen LogP contribution in [0.2, 0.25) is 0 Å². The molecular weight excluding hydrogens is 274 g/mol. The zero-order chi connectivity index (χ0) is 14.7. The van der Waals surface area contributed by atoms with Gasteiger partial charge in [0.2, 0.25) is 0 Å². The zero-order valence-electron chi connectivity index (χ0n) is 11.6. The lowest BCUT2D eigenvalue weighted by atomic mass is 10.0. The molecule has 0 aliphatic rings. The summed E-state index contributed by atoms with van der Waals surface area (Å²) < 4.78 is 0. The van der Waals surface area contributed by atoms with Gasteiger partial charge >= 0.3 is 0 Å². The number of phenolic OH excluding ortho intramolecular Hbond substituents is 1. The van der Waals surface area contributed by atoms with Gasteiger partial charge in [0.15, 0.2) is 0 Å². The van der Waals surface area contributed by atoms with Gasteiger partial charge in [-0.1, -0.05) is 30.3 Å². The van der Waals surface area contributed by atoms with Crippen molar-refractivity contribution in [3.05, 3.63) is 42.0 Å². The Bertz CT molecular complexity index is 625. The van der Waals surface area contributed by atoms with E-state index in [4.69, 9.17) is 11.6 Å². The van der Waals surface area contributed by atoms with Gasteiger partial charge in [-0.05, 0) is 25.3 Å². The van der Waals surface area contributed by atoms with Crippen LogP contribution in [0.1, 0.15) is 24.2 Å². The Hall–Kier alpha value is -1.74. The second-order valence-corrected chi connectivity index (χ2v) is 5.34. The van der Waals surface area contributed by atoms with Crippen molar-refractivity contribution >= 4 is 28.3 Å². The molecule has 0 bridgehead atoms. The van der Waals surface area contributed by atoms with Gasteiger partial charge in [-0.3, -0.25) is 4.79 Å². The van der Waals surface area contributed by atoms with Crippen molar-refractivity contribution in [3.63, 3.8) is 0 Å². The summed E-state index contributed by atoms with van der Waals surface area (Å²) in [6.45, 7) is 4.33. The standard InChI is InChI=1S/C16H18ClNO2/c1-11(2)18(10-9-17)16(20)14-8-7-12-5-3-4-6-13(12)15(14)19/h3-8,11,19H,9-10H2,1-2H3. The minimum Gasteiger partial charge on any atom is -0.506 e.